The number of carbonyl (C=O) groups is 2. The molecule has 0 bridgehead atoms. The number of carbonyl (C=O) groups excluding carboxylic acids is 2. The highest BCUT2D eigenvalue weighted by Crippen LogP contribution is 2.42. The molecular weight excluding hydrogens is 446 g/mol. The second kappa shape index (κ2) is 9.18. The molecule has 0 saturated carbocycles. The van der Waals surface area contributed by atoms with E-state index >= 15 is 0 Å². The van der Waals surface area contributed by atoms with Gasteiger partial charge in [-0.05, 0) is 32.4 Å². The highest BCUT2D eigenvalue weighted by molar-refractivity contribution is 6.18. The van der Waals surface area contributed by atoms with Crippen molar-refractivity contribution < 1.29 is 14.3 Å². The number of fused-ring (bicyclic) bond motifs is 1. The summed E-state index contributed by atoms with van der Waals surface area (Å²) < 4.78 is 6.18. The van der Waals surface area contributed by atoms with Crippen LogP contribution in [0.15, 0.2) is 40.8 Å². The molecule has 1 aromatic carbocycles. The normalized spacial score (nSPS) is 24.3. The molecule has 0 aliphatic carbocycles. The number of amides is 2. The standard InChI is InChI=1S/C25H31N7O3/c1-25(2)14-16-12-18(30-23(33)17(15-26)22-27-5-3-6-28-22)20(13-21(16)35-25)32-10-8-31(9-11-32)19-4-7-29-24(19)34/h3,5-6,12-13,15,19,26-27H,4,7-11,14H2,1-2H3,(H,29,34)(H,30,33)/b22-17-,26-15?. The van der Waals surface area contributed by atoms with Crippen LogP contribution in [0, 0.1) is 5.41 Å². The van der Waals surface area contributed by atoms with Crippen molar-refractivity contribution in [2.75, 3.05) is 42.9 Å². The summed E-state index contributed by atoms with van der Waals surface area (Å²) in [4.78, 5) is 34.0. The molecule has 2 amide bonds. The summed E-state index contributed by atoms with van der Waals surface area (Å²) in [6.45, 7) is 7.80. The van der Waals surface area contributed by atoms with Gasteiger partial charge in [-0.3, -0.25) is 14.5 Å². The first-order valence-electron chi connectivity index (χ1n) is 12.0. The maximum absolute atomic E-state index is 13.2. The minimum Gasteiger partial charge on any atom is -0.487 e. The van der Waals surface area contributed by atoms with Crippen LogP contribution < -0.4 is 25.6 Å². The fraction of sp³-hybridized carbons (Fsp3) is 0.440. The van der Waals surface area contributed by atoms with Gasteiger partial charge >= 0.3 is 0 Å². The summed E-state index contributed by atoms with van der Waals surface area (Å²) in [5.41, 5.74) is 2.42. The smallest absolute Gasteiger partial charge is 0.261 e. The molecule has 10 nitrogen and oxygen atoms in total. The van der Waals surface area contributed by atoms with E-state index < -0.39 is 5.91 Å². The first-order valence-corrected chi connectivity index (χ1v) is 12.0. The lowest BCUT2D eigenvalue weighted by molar-refractivity contribution is -0.123. The molecule has 4 N–H and O–H groups in total. The maximum Gasteiger partial charge on any atom is 0.261 e. The predicted molar refractivity (Wildman–Crippen MR) is 135 cm³/mol. The number of aliphatic imine (C=N–C) groups is 1. The van der Waals surface area contributed by atoms with Crippen LogP contribution in [0.4, 0.5) is 11.4 Å². The van der Waals surface area contributed by atoms with Crippen LogP contribution in [-0.4, -0.2) is 73.5 Å². The van der Waals surface area contributed by atoms with Crippen molar-refractivity contribution in [3.05, 3.63) is 41.4 Å². The van der Waals surface area contributed by atoms with Gasteiger partial charge in [0.1, 0.15) is 17.2 Å². The minimum absolute atomic E-state index is 0.0557. The summed E-state index contributed by atoms with van der Waals surface area (Å²) in [5, 5.41) is 16.7. The summed E-state index contributed by atoms with van der Waals surface area (Å²) in [6, 6.07) is 3.94. The van der Waals surface area contributed by atoms with Gasteiger partial charge in [-0.1, -0.05) is 0 Å². The molecular formula is C25H31N7O3. The Morgan fingerprint density at radius 2 is 2.09 bits per heavy atom. The molecule has 1 unspecified atom stereocenters. The van der Waals surface area contributed by atoms with E-state index in [9.17, 15) is 9.59 Å². The number of benzene rings is 1. The van der Waals surface area contributed by atoms with E-state index in [4.69, 9.17) is 10.1 Å². The Hall–Kier alpha value is -3.66. The zero-order valence-corrected chi connectivity index (χ0v) is 20.1. The van der Waals surface area contributed by atoms with Crippen molar-refractivity contribution >= 4 is 35.6 Å². The minimum atomic E-state index is -0.407. The summed E-state index contributed by atoms with van der Waals surface area (Å²) >= 11 is 0. The van der Waals surface area contributed by atoms with Crippen molar-refractivity contribution in [2.45, 2.75) is 38.3 Å². The number of anilines is 2. The zero-order chi connectivity index (χ0) is 24.6. The Labute approximate surface area is 204 Å². The van der Waals surface area contributed by atoms with Crippen molar-refractivity contribution in [3.8, 4) is 5.75 Å². The summed E-state index contributed by atoms with van der Waals surface area (Å²) in [5.74, 6) is 0.863. The Morgan fingerprint density at radius 3 is 2.74 bits per heavy atom. The van der Waals surface area contributed by atoms with E-state index in [1.165, 1.54) is 0 Å². The Morgan fingerprint density at radius 1 is 1.29 bits per heavy atom. The highest BCUT2D eigenvalue weighted by Gasteiger charge is 2.35. The van der Waals surface area contributed by atoms with Gasteiger partial charge in [0.05, 0.1) is 23.0 Å². The van der Waals surface area contributed by atoms with Gasteiger partial charge in [-0.25, -0.2) is 4.99 Å². The van der Waals surface area contributed by atoms with Crippen LogP contribution in [0.2, 0.25) is 0 Å². The van der Waals surface area contributed by atoms with Crippen LogP contribution in [-0.2, 0) is 16.0 Å². The van der Waals surface area contributed by atoms with Gasteiger partial charge in [-0.2, -0.15) is 0 Å². The second-order valence-corrected chi connectivity index (χ2v) is 9.78. The molecule has 5 rings (SSSR count). The van der Waals surface area contributed by atoms with Gasteiger partial charge in [0.2, 0.25) is 5.91 Å². The van der Waals surface area contributed by atoms with Crippen LogP contribution in [0.3, 0.4) is 0 Å². The molecule has 0 spiro atoms. The molecule has 4 heterocycles. The lowest BCUT2D eigenvalue weighted by atomic mass is 10.0. The number of nitrogens with zero attached hydrogens (tertiary/aromatic N) is 3. The van der Waals surface area contributed by atoms with E-state index in [0.29, 0.717) is 11.5 Å². The molecule has 0 aromatic heterocycles. The lowest BCUT2D eigenvalue weighted by Crippen LogP contribution is -2.52. The molecule has 10 heteroatoms. The van der Waals surface area contributed by atoms with Crippen LogP contribution >= 0.6 is 0 Å². The number of ether oxygens (including phenoxy) is 1. The second-order valence-electron chi connectivity index (χ2n) is 9.78. The van der Waals surface area contributed by atoms with Gasteiger partial charge in [-0.15, -0.1) is 0 Å². The third kappa shape index (κ3) is 4.66. The average molecular weight is 478 g/mol. The van der Waals surface area contributed by atoms with Crippen LogP contribution in [0.25, 0.3) is 0 Å². The van der Waals surface area contributed by atoms with Crippen LogP contribution in [0.1, 0.15) is 25.8 Å². The first-order chi connectivity index (χ1) is 16.8. The Balaban J connectivity index is 1.41. The number of hydrogen-bond acceptors (Lipinski definition) is 8. The number of allylic oxidation sites excluding steroid dienone is 1. The van der Waals surface area contributed by atoms with E-state index in [-0.39, 0.29) is 23.1 Å². The van der Waals surface area contributed by atoms with Crippen molar-refractivity contribution in [3.63, 3.8) is 0 Å². The molecule has 1 atom stereocenters. The van der Waals surface area contributed by atoms with E-state index in [0.717, 1.165) is 68.8 Å². The summed E-state index contributed by atoms with van der Waals surface area (Å²) in [6.07, 6.45) is 7.56. The third-order valence-corrected chi connectivity index (χ3v) is 6.79. The quantitative estimate of drug-likeness (QED) is 0.376. The largest absolute Gasteiger partial charge is 0.487 e. The monoisotopic (exact) mass is 477 g/mol. The number of rotatable bonds is 5. The predicted octanol–water partition coefficient (Wildman–Crippen LogP) is 1.40. The average Bonchev–Trinajstić information content (AvgIpc) is 3.40. The molecule has 0 radical (unpaired) electrons. The fourth-order valence-corrected chi connectivity index (χ4v) is 5.11. The molecule has 1 aromatic rings. The molecule has 35 heavy (non-hydrogen) atoms. The van der Waals surface area contributed by atoms with Gasteiger partial charge in [0.25, 0.3) is 5.91 Å². The third-order valence-electron chi connectivity index (χ3n) is 6.79. The maximum atomic E-state index is 13.2. The summed E-state index contributed by atoms with van der Waals surface area (Å²) in [7, 11) is 0. The fourth-order valence-electron chi connectivity index (χ4n) is 5.11. The van der Waals surface area contributed by atoms with Crippen LogP contribution in [0.5, 0.6) is 5.75 Å². The molecule has 2 saturated heterocycles. The topological polar surface area (TPSA) is 122 Å². The number of piperazine rings is 1. The molecule has 2 fully saturated rings. The van der Waals surface area contributed by atoms with E-state index in [1.807, 2.05) is 26.0 Å². The lowest BCUT2D eigenvalue weighted by Gasteiger charge is -2.39. The number of hydrogen-bond donors (Lipinski definition) is 4. The first kappa shape index (κ1) is 23.1. The SMILES string of the molecule is CC1(C)Cc2cc(NC(=O)/C(C=N)=C3\N=CC=CN3)c(N3CCN(C4CCNC4=O)CC3)cc2O1. The van der Waals surface area contributed by atoms with E-state index in [2.05, 4.69) is 30.7 Å². The highest BCUT2D eigenvalue weighted by atomic mass is 16.5. The number of nitrogens with one attached hydrogen (secondary N) is 4. The Bertz CT molecular complexity index is 1150. The van der Waals surface area contributed by atoms with Gasteiger partial charge in [0.15, 0.2) is 0 Å². The van der Waals surface area contributed by atoms with Gasteiger partial charge in [0, 0.05) is 69.4 Å². The van der Waals surface area contributed by atoms with Crippen molar-refractivity contribution in [2.24, 2.45) is 4.99 Å². The van der Waals surface area contributed by atoms with Crippen molar-refractivity contribution in [1.82, 2.24) is 15.5 Å². The van der Waals surface area contributed by atoms with Crippen molar-refractivity contribution in [1.29, 1.82) is 5.41 Å². The van der Waals surface area contributed by atoms with E-state index in [1.54, 1.807) is 18.5 Å². The molecule has 184 valence electrons. The zero-order valence-electron chi connectivity index (χ0n) is 20.1. The van der Waals surface area contributed by atoms with Gasteiger partial charge < -0.3 is 31.0 Å². The molecule has 4 aliphatic rings. The Kier molecular flexibility index (Phi) is 6.06. The molecule has 4 aliphatic heterocycles.